The van der Waals surface area contributed by atoms with Gasteiger partial charge in [-0.3, -0.25) is 9.69 Å². The third-order valence-electron chi connectivity index (χ3n) is 5.54. The molecule has 0 saturated carbocycles. The normalized spacial score (nSPS) is 15.8. The number of fused-ring (bicyclic) bond motifs is 1. The van der Waals surface area contributed by atoms with Gasteiger partial charge >= 0.3 is 0 Å². The molecule has 28 heavy (non-hydrogen) atoms. The van der Waals surface area contributed by atoms with Crippen molar-refractivity contribution in [1.82, 2.24) is 19.4 Å². The number of nitrogens with zero attached hydrogens (tertiary/aromatic N) is 4. The van der Waals surface area contributed by atoms with Gasteiger partial charge in [0.1, 0.15) is 5.82 Å². The summed E-state index contributed by atoms with van der Waals surface area (Å²) >= 11 is 0. The van der Waals surface area contributed by atoms with Gasteiger partial charge in [0, 0.05) is 44.5 Å². The number of aryl methyl sites for hydroxylation is 1. The predicted molar refractivity (Wildman–Crippen MR) is 113 cm³/mol. The summed E-state index contributed by atoms with van der Waals surface area (Å²) in [4.78, 5) is 22.2. The molecule has 1 aromatic heterocycles. The largest absolute Gasteiger partial charge is 0.330 e. The third kappa shape index (κ3) is 3.93. The molecular weight excluding hydrogens is 350 g/mol. The number of piperazine rings is 1. The lowest BCUT2D eigenvalue weighted by Crippen LogP contribution is -2.45. The maximum Gasteiger partial charge on any atom is 0.255 e. The van der Waals surface area contributed by atoms with Crippen LogP contribution in [-0.4, -0.2) is 58.0 Å². The minimum Gasteiger partial charge on any atom is -0.330 e. The highest BCUT2D eigenvalue weighted by Gasteiger charge is 2.18. The Morgan fingerprint density at radius 1 is 1.04 bits per heavy atom. The predicted octanol–water partition coefficient (Wildman–Crippen LogP) is 2.96. The van der Waals surface area contributed by atoms with E-state index in [2.05, 4.69) is 33.7 Å². The average Bonchev–Trinajstić information content (AvgIpc) is 3.04. The number of hydrogen-bond acceptors (Lipinski definition) is 4. The summed E-state index contributed by atoms with van der Waals surface area (Å²) in [6, 6.07) is 15.2. The zero-order valence-electron chi connectivity index (χ0n) is 16.6. The summed E-state index contributed by atoms with van der Waals surface area (Å²) in [5, 5.41) is 2.97. The molecule has 6 nitrogen and oxygen atoms in total. The SMILES string of the molecule is CCN1CCN(Cc2nc3cc(NC(=O)c4ccccc4)ccc3n2C)CC1. The number of imidazole rings is 1. The molecule has 1 aliphatic heterocycles. The first-order valence-electron chi connectivity index (χ1n) is 9.90. The van der Waals surface area contributed by atoms with Crippen LogP contribution in [0.4, 0.5) is 5.69 Å². The van der Waals surface area contributed by atoms with Crippen molar-refractivity contribution in [2.45, 2.75) is 13.5 Å². The van der Waals surface area contributed by atoms with Crippen LogP contribution in [0.3, 0.4) is 0 Å². The minimum atomic E-state index is -0.107. The fraction of sp³-hybridized carbons (Fsp3) is 0.364. The van der Waals surface area contributed by atoms with Crippen LogP contribution in [0, 0.1) is 0 Å². The Morgan fingerprint density at radius 2 is 1.75 bits per heavy atom. The molecule has 1 aliphatic rings. The van der Waals surface area contributed by atoms with Crippen molar-refractivity contribution in [3.63, 3.8) is 0 Å². The molecule has 6 heteroatoms. The van der Waals surface area contributed by atoms with Crippen LogP contribution in [0.5, 0.6) is 0 Å². The molecule has 2 heterocycles. The van der Waals surface area contributed by atoms with E-state index in [1.807, 2.05) is 48.5 Å². The number of benzene rings is 2. The molecule has 0 unspecified atom stereocenters. The van der Waals surface area contributed by atoms with E-state index in [1.165, 1.54) is 0 Å². The van der Waals surface area contributed by atoms with Crippen LogP contribution in [0.1, 0.15) is 23.1 Å². The second-order valence-corrected chi connectivity index (χ2v) is 7.32. The van der Waals surface area contributed by atoms with Gasteiger partial charge in [0.2, 0.25) is 0 Å². The van der Waals surface area contributed by atoms with E-state index in [9.17, 15) is 4.79 Å². The summed E-state index contributed by atoms with van der Waals surface area (Å²) < 4.78 is 2.16. The summed E-state index contributed by atoms with van der Waals surface area (Å²) in [6.07, 6.45) is 0. The molecule has 0 spiro atoms. The highest BCUT2D eigenvalue weighted by Crippen LogP contribution is 2.21. The van der Waals surface area contributed by atoms with Crippen LogP contribution in [-0.2, 0) is 13.6 Å². The number of amides is 1. The number of rotatable bonds is 5. The highest BCUT2D eigenvalue weighted by molar-refractivity contribution is 6.04. The van der Waals surface area contributed by atoms with E-state index in [0.717, 1.165) is 61.8 Å². The molecule has 0 bridgehead atoms. The zero-order chi connectivity index (χ0) is 19.5. The van der Waals surface area contributed by atoms with Crippen LogP contribution in [0.2, 0.25) is 0 Å². The number of carbonyl (C=O) groups is 1. The molecule has 1 saturated heterocycles. The fourth-order valence-corrected chi connectivity index (χ4v) is 3.73. The van der Waals surface area contributed by atoms with Crippen LogP contribution in [0.25, 0.3) is 11.0 Å². The Balaban J connectivity index is 1.49. The summed E-state index contributed by atoms with van der Waals surface area (Å²) in [5.41, 5.74) is 3.41. The second kappa shape index (κ2) is 8.12. The standard InChI is InChI=1S/C22H27N5O/c1-3-26-11-13-27(14-12-26)16-21-24-19-15-18(9-10-20(19)25(21)2)23-22(28)17-7-5-4-6-8-17/h4-10,15H,3,11-14,16H2,1-2H3,(H,23,28). The molecule has 0 atom stereocenters. The van der Waals surface area contributed by atoms with Gasteiger partial charge in [0.15, 0.2) is 0 Å². The van der Waals surface area contributed by atoms with E-state index in [4.69, 9.17) is 4.98 Å². The Kier molecular flexibility index (Phi) is 5.41. The number of nitrogens with one attached hydrogen (secondary N) is 1. The van der Waals surface area contributed by atoms with Crippen molar-refractivity contribution in [3.05, 3.63) is 59.9 Å². The second-order valence-electron chi connectivity index (χ2n) is 7.32. The molecule has 1 fully saturated rings. The van der Waals surface area contributed by atoms with E-state index >= 15 is 0 Å². The summed E-state index contributed by atoms with van der Waals surface area (Å²) in [6.45, 7) is 8.60. The average molecular weight is 377 g/mol. The van der Waals surface area contributed by atoms with Gasteiger partial charge in [-0.2, -0.15) is 0 Å². The molecule has 0 radical (unpaired) electrons. The number of likely N-dealkylation sites (N-methyl/N-ethyl adjacent to an activating group) is 1. The van der Waals surface area contributed by atoms with E-state index in [0.29, 0.717) is 5.56 Å². The van der Waals surface area contributed by atoms with Gasteiger partial charge in [-0.25, -0.2) is 4.98 Å². The van der Waals surface area contributed by atoms with Crippen molar-refractivity contribution in [1.29, 1.82) is 0 Å². The summed E-state index contributed by atoms with van der Waals surface area (Å²) in [5.74, 6) is 0.955. The van der Waals surface area contributed by atoms with Crippen molar-refractivity contribution < 1.29 is 4.79 Å². The van der Waals surface area contributed by atoms with Crippen molar-refractivity contribution in [3.8, 4) is 0 Å². The number of aromatic nitrogens is 2. The van der Waals surface area contributed by atoms with Crippen LogP contribution in [0.15, 0.2) is 48.5 Å². The van der Waals surface area contributed by atoms with Gasteiger partial charge < -0.3 is 14.8 Å². The smallest absolute Gasteiger partial charge is 0.255 e. The molecule has 1 N–H and O–H groups in total. The molecular formula is C22H27N5O. The molecule has 2 aromatic carbocycles. The Morgan fingerprint density at radius 3 is 2.46 bits per heavy atom. The molecule has 146 valence electrons. The Hall–Kier alpha value is -2.70. The third-order valence-corrected chi connectivity index (χ3v) is 5.54. The zero-order valence-corrected chi connectivity index (χ0v) is 16.6. The lowest BCUT2D eigenvalue weighted by Gasteiger charge is -2.33. The van der Waals surface area contributed by atoms with Gasteiger partial charge in [-0.15, -0.1) is 0 Å². The van der Waals surface area contributed by atoms with Crippen molar-refractivity contribution >= 4 is 22.6 Å². The minimum absolute atomic E-state index is 0.107. The Bertz CT molecular complexity index is 958. The number of hydrogen-bond donors (Lipinski definition) is 1. The van der Waals surface area contributed by atoms with Crippen LogP contribution < -0.4 is 5.32 Å². The summed E-state index contributed by atoms with van der Waals surface area (Å²) in [7, 11) is 2.06. The monoisotopic (exact) mass is 377 g/mol. The maximum absolute atomic E-state index is 12.4. The van der Waals surface area contributed by atoms with Crippen molar-refractivity contribution in [2.75, 3.05) is 38.0 Å². The van der Waals surface area contributed by atoms with Gasteiger partial charge in [-0.1, -0.05) is 25.1 Å². The first-order valence-corrected chi connectivity index (χ1v) is 9.90. The van der Waals surface area contributed by atoms with Gasteiger partial charge in [-0.05, 0) is 36.9 Å². The molecule has 0 aliphatic carbocycles. The lowest BCUT2D eigenvalue weighted by molar-refractivity contribution is 0.102. The Labute approximate surface area is 165 Å². The van der Waals surface area contributed by atoms with Gasteiger partial charge in [0.25, 0.3) is 5.91 Å². The lowest BCUT2D eigenvalue weighted by atomic mass is 10.2. The molecule has 1 amide bonds. The number of anilines is 1. The van der Waals surface area contributed by atoms with E-state index in [-0.39, 0.29) is 5.91 Å². The topological polar surface area (TPSA) is 53.4 Å². The number of carbonyl (C=O) groups excluding carboxylic acids is 1. The molecule has 4 rings (SSSR count). The molecule has 3 aromatic rings. The maximum atomic E-state index is 12.4. The first-order chi connectivity index (χ1) is 13.6. The van der Waals surface area contributed by atoms with Gasteiger partial charge in [0.05, 0.1) is 17.6 Å². The first kappa shape index (κ1) is 18.7. The van der Waals surface area contributed by atoms with E-state index in [1.54, 1.807) is 0 Å². The fourth-order valence-electron chi connectivity index (χ4n) is 3.73. The highest BCUT2D eigenvalue weighted by atomic mass is 16.1. The quantitative estimate of drug-likeness (QED) is 0.743. The van der Waals surface area contributed by atoms with E-state index < -0.39 is 0 Å². The van der Waals surface area contributed by atoms with Crippen molar-refractivity contribution in [2.24, 2.45) is 7.05 Å². The van der Waals surface area contributed by atoms with Crippen LogP contribution >= 0.6 is 0 Å².